The van der Waals surface area contributed by atoms with Crippen LogP contribution in [0.2, 0.25) is 0 Å². The van der Waals surface area contributed by atoms with Crippen LogP contribution in [0.25, 0.3) is 0 Å². The predicted octanol–water partition coefficient (Wildman–Crippen LogP) is 1.79. The van der Waals surface area contributed by atoms with Crippen LogP contribution in [0.15, 0.2) is 0 Å². The van der Waals surface area contributed by atoms with Gasteiger partial charge < -0.3 is 5.21 Å². The fourth-order valence-corrected chi connectivity index (χ4v) is 1.10. The van der Waals surface area contributed by atoms with Gasteiger partial charge in [0.2, 0.25) is 0 Å². The van der Waals surface area contributed by atoms with Crippen molar-refractivity contribution in [1.82, 2.24) is 5.48 Å². The monoisotopic (exact) mass is 131 g/mol. The van der Waals surface area contributed by atoms with Gasteiger partial charge in [0.15, 0.2) is 0 Å². The van der Waals surface area contributed by atoms with Gasteiger partial charge in [0, 0.05) is 6.04 Å². The average molecular weight is 131 g/mol. The molecule has 1 unspecified atom stereocenters. The zero-order valence-corrected chi connectivity index (χ0v) is 6.52. The van der Waals surface area contributed by atoms with E-state index in [0.717, 1.165) is 12.8 Å². The maximum atomic E-state index is 8.52. The Labute approximate surface area is 57.2 Å². The van der Waals surface area contributed by atoms with Gasteiger partial charge in [-0.3, -0.25) is 0 Å². The van der Waals surface area contributed by atoms with Crippen molar-refractivity contribution in [3.05, 3.63) is 0 Å². The van der Waals surface area contributed by atoms with Crippen LogP contribution in [0.3, 0.4) is 0 Å². The summed E-state index contributed by atoms with van der Waals surface area (Å²) in [6, 6.07) is 0.236. The molecule has 0 bridgehead atoms. The molecule has 0 saturated carbocycles. The summed E-state index contributed by atoms with van der Waals surface area (Å²) in [5, 5.41) is 8.52. The van der Waals surface area contributed by atoms with E-state index in [1.165, 1.54) is 0 Å². The highest BCUT2D eigenvalue weighted by Gasteiger charge is 2.10. The molecule has 0 rings (SSSR count). The fourth-order valence-electron chi connectivity index (χ4n) is 1.10. The van der Waals surface area contributed by atoms with E-state index in [1.54, 1.807) is 0 Å². The van der Waals surface area contributed by atoms with E-state index in [9.17, 15) is 0 Å². The lowest BCUT2D eigenvalue weighted by Gasteiger charge is -2.18. The van der Waals surface area contributed by atoms with Crippen molar-refractivity contribution in [1.29, 1.82) is 0 Å². The molecule has 0 fully saturated rings. The first kappa shape index (κ1) is 8.92. The summed E-state index contributed by atoms with van der Waals surface area (Å²) in [7, 11) is 0. The van der Waals surface area contributed by atoms with Crippen molar-refractivity contribution in [2.24, 2.45) is 5.92 Å². The van der Waals surface area contributed by atoms with Crippen LogP contribution in [-0.2, 0) is 0 Å². The SMILES string of the molecule is CCC(CC)C(C)NO. The van der Waals surface area contributed by atoms with E-state index in [1.807, 2.05) is 6.92 Å². The molecule has 0 aromatic rings. The highest BCUT2D eigenvalue weighted by atomic mass is 16.5. The number of hydrogen-bond acceptors (Lipinski definition) is 2. The number of hydrogen-bond donors (Lipinski definition) is 2. The van der Waals surface area contributed by atoms with Gasteiger partial charge in [-0.2, -0.15) is 0 Å². The minimum atomic E-state index is 0.236. The molecule has 0 aliphatic heterocycles. The minimum absolute atomic E-state index is 0.236. The normalized spacial score (nSPS) is 14.3. The largest absolute Gasteiger partial charge is 0.317 e. The molecule has 0 aromatic carbocycles. The van der Waals surface area contributed by atoms with E-state index < -0.39 is 0 Å². The molecular weight excluding hydrogens is 114 g/mol. The quantitative estimate of drug-likeness (QED) is 0.570. The topological polar surface area (TPSA) is 32.3 Å². The van der Waals surface area contributed by atoms with Crippen molar-refractivity contribution in [2.45, 2.75) is 39.7 Å². The summed E-state index contributed by atoms with van der Waals surface area (Å²) in [6.45, 7) is 6.28. The molecule has 0 saturated heterocycles. The predicted molar refractivity (Wildman–Crippen MR) is 38.5 cm³/mol. The summed E-state index contributed by atoms with van der Waals surface area (Å²) >= 11 is 0. The maximum absolute atomic E-state index is 8.52. The number of hydroxylamine groups is 1. The van der Waals surface area contributed by atoms with Crippen LogP contribution in [0.4, 0.5) is 0 Å². The molecule has 0 radical (unpaired) electrons. The van der Waals surface area contributed by atoms with Crippen LogP contribution < -0.4 is 5.48 Å². The van der Waals surface area contributed by atoms with Gasteiger partial charge in [0.05, 0.1) is 0 Å². The molecule has 0 heterocycles. The first-order valence-corrected chi connectivity index (χ1v) is 3.65. The Morgan fingerprint density at radius 2 is 1.78 bits per heavy atom. The average Bonchev–Trinajstić information content (AvgIpc) is 1.90. The minimum Gasteiger partial charge on any atom is -0.317 e. The Morgan fingerprint density at radius 1 is 1.33 bits per heavy atom. The number of rotatable bonds is 4. The van der Waals surface area contributed by atoms with Gasteiger partial charge in [-0.15, -0.1) is 0 Å². The van der Waals surface area contributed by atoms with Crippen LogP contribution in [-0.4, -0.2) is 11.2 Å². The summed E-state index contributed by atoms with van der Waals surface area (Å²) in [4.78, 5) is 0. The first-order chi connectivity index (χ1) is 4.26. The van der Waals surface area contributed by atoms with Crippen LogP contribution in [0.1, 0.15) is 33.6 Å². The third-order valence-corrected chi connectivity index (χ3v) is 1.96. The van der Waals surface area contributed by atoms with Gasteiger partial charge >= 0.3 is 0 Å². The lowest BCUT2D eigenvalue weighted by atomic mass is 9.96. The zero-order chi connectivity index (χ0) is 7.28. The molecule has 0 amide bonds. The highest BCUT2D eigenvalue weighted by Crippen LogP contribution is 2.11. The molecule has 0 aliphatic rings. The van der Waals surface area contributed by atoms with Gasteiger partial charge in [0.1, 0.15) is 0 Å². The van der Waals surface area contributed by atoms with E-state index in [-0.39, 0.29) is 6.04 Å². The van der Waals surface area contributed by atoms with Crippen molar-refractivity contribution in [3.63, 3.8) is 0 Å². The van der Waals surface area contributed by atoms with E-state index >= 15 is 0 Å². The fraction of sp³-hybridized carbons (Fsp3) is 1.00. The molecule has 2 N–H and O–H groups in total. The summed E-state index contributed by atoms with van der Waals surface area (Å²) in [5.74, 6) is 0.606. The molecule has 56 valence electrons. The Kier molecular flexibility index (Phi) is 4.72. The smallest absolute Gasteiger partial charge is 0.0319 e. The lowest BCUT2D eigenvalue weighted by molar-refractivity contribution is 0.102. The first-order valence-electron chi connectivity index (χ1n) is 3.65. The molecule has 0 aromatic heterocycles. The summed E-state index contributed by atoms with van der Waals surface area (Å²) < 4.78 is 0. The van der Waals surface area contributed by atoms with Crippen molar-refractivity contribution in [3.8, 4) is 0 Å². The second-order valence-electron chi connectivity index (χ2n) is 2.49. The molecule has 0 spiro atoms. The van der Waals surface area contributed by atoms with Gasteiger partial charge in [-0.05, 0) is 12.8 Å². The standard InChI is InChI=1S/C7H17NO/c1-4-7(5-2)6(3)8-9/h6-9H,4-5H2,1-3H3. The van der Waals surface area contributed by atoms with E-state index in [2.05, 4.69) is 19.3 Å². The van der Waals surface area contributed by atoms with Crippen LogP contribution >= 0.6 is 0 Å². The van der Waals surface area contributed by atoms with Crippen molar-refractivity contribution in [2.75, 3.05) is 0 Å². The molecular formula is C7H17NO. The van der Waals surface area contributed by atoms with Gasteiger partial charge in [-0.25, -0.2) is 5.48 Å². The van der Waals surface area contributed by atoms with Gasteiger partial charge in [0.25, 0.3) is 0 Å². The second-order valence-corrected chi connectivity index (χ2v) is 2.49. The molecule has 2 nitrogen and oxygen atoms in total. The highest BCUT2D eigenvalue weighted by molar-refractivity contribution is 4.65. The molecule has 9 heavy (non-hydrogen) atoms. The molecule has 0 aliphatic carbocycles. The van der Waals surface area contributed by atoms with E-state index in [0.29, 0.717) is 5.92 Å². The van der Waals surface area contributed by atoms with E-state index in [4.69, 9.17) is 5.21 Å². The Bertz CT molecular complexity index is 61.9. The van der Waals surface area contributed by atoms with Crippen LogP contribution in [0.5, 0.6) is 0 Å². The third-order valence-electron chi connectivity index (χ3n) is 1.96. The molecule has 2 heteroatoms. The number of nitrogens with one attached hydrogen (secondary N) is 1. The lowest BCUT2D eigenvalue weighted by Crippen LogP contribution is -2.30. The Hall–Kier alpha value is -0.0800. The van der Waals surface area contributed by atoms with Gasteiger partial charge in [-0.1, -0.05) is 26.7 Å². The van der Waals surface area contributed by atoms with Crippen molar-refractivity contribution >= 4 is 0 Å². The zero-order valence-electron chi connectivity index (χ0n) is 6.52. The van der Waals surface area contributed by atoms with Crippen LogP contribution in [0, 0.1) is 5.92 Å². The third kappa shape index (κ3) is 2.82. The van der Waals surface area contributed by atoms with Crippen molar-refractivity contribution < 1.29 is 5.21 Å². The summed E-state index contributed by atoms with van der Waals surface area (Å²) in [5.41, 5.74) is 2.27. The summed E-state index contributed by atoms with van der Waals surface area (Å²) in [6.07, 6.45) is 2.26. The second kappa shape index (κ2) is 4.77. The Morgan fingerprint density at radius 3 is 1.89 bits per heavy atom. The maximum Gasteiger partial charge on any atom is 0.0319 e. The molecule has 1 atom stereocenters. The Balaban J connectivity index is 3.50.